The number of aromatic nitrogens is 2. The van der Waals surface area contributed by atoms with Crippen LogP contribution in [0, 0.1) is 0 Å². The molecule has 0 fully saturated rings. The quantitative estimate of drug-likeness (QED) is 0.737. The molecule has 0 saturated heterocycles. The molecular weight excluding hydrogens is 203 g/mol. The fourth-order valence-corrected chi connectivity index (χ4v) is 1.98. The van der Waals surface area contributed by atoms with Crippen LogP contribution in [0.4, 0.5) is 0 Å². The Morgan fingerprint density at radius 2 is 1.93 bits per heavy atom. The summed E-state index contributed by atoms with van der Waals surface area (Å²) in [6, 6.07) is 12.0. The van der Waals surface area contributed by atoms with Crippen molar-refractivity contribution in [3.05, 3.63) is 48.3 Å². The van der Waals surface area contributed by atoms with E-state index in [1.165, 1.54) is 0 Å². The first kappa shape index (κ1) is 10.3. The average Bonchev–Trinajstić information content (AvgIpc) is 2.31. The molecule has 0 aliphatic carbocycles. The van der Waals surface area contributed by atoms with Gasteiger partial charge in [0.25, 0.3) is 0 Å². The molecule has 0 amide bonds. The summed E-state index contributed by atoms with van der Waals surface area (Å²) >= 11 is 0. The minimum atomic E-state index is 0.906. The fraction of sp³-hybridized carbons (Fsp3) is 0.167. The molecular formula is C12H13N2P. The predicted molar refractivity (Wildman–Crippen MR) is 65.4 cm³/mol. The van der Waals surface area contributed by atoms with E-state index in [0.717, 1.165) is 31.8 Å². The normalized spacial score (nSPS) is 11.0. The Kier molecular flexibility index (Phi) is 3.41. The largest absolute Gasteiger partial charge is 0.255 e. The molecule has 0 aliphatic rings. The maximum absolute atomic E-state index is 4.58. The van der Waals surface area contributed by atoms with Crippen LogP contribution in [0.15, 0.2) is 42.6 Å². The molecule has 1 unspecified atom stereocenters. The van der Waals surface area contributed by atoms with Crippen molar-refractivity contribution in [1.82, 2.24) is 9.97 Å². The molecule has 3 heteroatoms. The van der Waals surface area contributed by atoms with Gasteiger partial charge < -0.3 is 0 Å². The highest BCUT2D eigenvalue weighted by molar-refractivity contribution is 7.36. The lowest BCUT2D eigenvalue weighted by Gasteiger charge is -2.02. The van der Waals surface area contributed by atoms with Crippen molar-refractivity contribution < 1.29 is 0 Å². The standard InChI is InChI=1S/C12H13N2P/c1-15-9-10-5-4-7-12(14-10)11-6-2-3-8-13-11/h2-8,15H,9H2,1H3. The smallest absolute Gasteiger partial charge is 0.0889 e. The molecule has 2 aromatic heterocycles. The van der Waals surface area contributed by atoms with Crippen LogP contribution in [-0.4, -0.2) is 16.6 Å². The lowest BCUT2D eigenvalue weighted by molar-refractivity contribution is 1.16. The van der Waals surface area contributed by atoms with Gasteiger partial charge in [-0.1, -0.05) is 12.1 Å². The molecule has 1 atom stereocenters. The SMILES string of the molecule is CPCc1cccc(-c2ccccn2)n1. The van der Waals surface area contributed by atoms with Gasteiger partial charge in [0.05, 0.1) is 11.4 Å². The van der Waals surface area contributed by atoms with Gasteiger partial charge in [0.15, 0.2) is 0 Å². The molecule has 0 radical (unpaired) electrons. The minimum Gasteiger partial charge on any atom is -0.255 e. The number of hydrogen-bond donors (Lipinski definition) is 0. The lowest BCUT2D eigenvalue weighted by Crippen LogP contribution is -1.90. The third-order valence-electron chi connectivity index (χ3n) is 2.09. The molecule has 2 rings (SSSR count). The maximum atomic E-state index is 4.58. The summed E-state index contributed by atoms with van der Waals surface area (Å²) < 4.78 is 0. The van der Waals surface area contributed by atoms with Crippen molar-refractivity contribution >= 4 is 8.58 Å². The molecule has 2 heterocycles. The van der Waals surface area contributed by atoms with Gasteiger partial charge in [0.2, 0.25) is 0 Å². The van der Waals surface area contributed by atoms with Gasteiger partial charge in [0.1, 0.15) is 0 Å². The second-order valence-corrected chi connectivity index (χ2v) is 4.32. The highest BCUT2D eigenvalue weighted by Gasteiger charge is 2.00. The van der Waals surface area contributed by atoms with Crippen molar-refractivity contribution in [3.8, 4) is 11.4 Å². The van der Waals surface area contributed by atoms with E-state index in [-0.39, 0.29) is 0 Å². The highest BCUT2D eigenvalue weighted by atomic mass is 31.1. The summed E-state index contributed by atoms with van der Waals surface area (Å²) in [6.07, 6.45) is 2.85. The van der Waals surface area contributed by atoms with Gasteiger partial charge in [-0.2, -0.15) is 0 Å². The summed E-state index contributed by atoms with van der Waals surface area (Å²) in [7, 11) is 0.906. The first-order valence-corrected chi connectivity index (χ1v) is 6.63. The zero-order valence-corrected chi connectivity index (χ0v) is 9.64. The molecule has 2 aromatic rings. The second kappa shape index (κ2) is 4.99. The fourth-order valence-electron chi connectivity index (χ4n) is 1.42. The van der Waals surface area contributed by atoms with Gasteiger partial charge in [-0.3, -0.25) is 9.97 Å². The maximum Gasteiger partial charge on any atom is 0.0889 e. The monoisotopic (exact) mass is 216 g/mol. The Morgan fingerprint density at radius 3 is 2.67 bits per heavy atom. The number of rotatable bonds is 3. The molecule has 76 valence electrons. The minimum absolute atomic E-state index is 0.906. The average molecular weight is 216 g/mol. The Balaban J connectivity index is 2.33. The van der Waals surface area contributed by atoms with E-state index in [1.54, 1.807) is 6.20 Å². The lowest BCUT2D eigenvalue weighted by atomic mass is 10.2. The van der Waals surface area contributed by atoms with E-state index in [1.807, 2.05) is 30.3 Å². The Morgan fingerprint density at radius 1 is 1.07 bits per heavy atom. The highest BCUT2D eigenvalue weighted by Crippen LogP contribution is 2.17. The molecule has 2 nitrogen and oxygen atoms in total. The van der Waals surface area contributed by atoms with Crippen LogP contribution in [0.25, 0.3) is 11.4 Å². The third kappa shape index (κ3) is 2.60. The van der Waals surface area contributed by atoms with Crippen LogP contribution in [0.2, 0.25) is 0 Å². The summed E-state index contributed by atoms with van der Waals surface area (Å²) in [5, 5.41) is 0. The molecule has 0 spiro atoms. The zero-order valence-electron chi connectivity index (χ0n) is 8.64. The number of hydrogen-bond acceptors (Lipinski definition) is 2. The summed E-state index contributed by atoms with van der Waals surface area (Å²) in [5.41, 5.74) is 3.06. The first-order chi connectivity index (χ1) is 7.40. The van der Waals surface area contributed by atoms with Crippen LogP contribution in [-0.2, 0) is 6.16 Å². The zero-order chi connectivity index (χ0) is 10.5. The molecule has 0 aromatic carbocycles. The topological polar surface area (TPSA) is 25.8 Å². The van der Waals surface area contributed by atoms with Crippen molar-refractivity contribution in [1.29, 1.82) is 0 Å². The number of nitrogens with zero attached hydrogens (tertiary/aromatic N) is 2. The van der Waals surface area contributed by atoms with Crippen LogP contribution < -0.4 is 0 Å². The molecule has 15 heavy (non-hydrogen) atoms. The van der Waals surface area contributed by atoms with E-state index < -0.39 is 0 Å². The summed E-state index contributed by atoms with van der Waals surface area (Å²) in [4.78, 5) is 8.87. The predicted octanol–water partition coefficient (Wildman–Crippen LogP) is 2.95. The van der Waals surface area contributed by atoms with E-state index in [4.69, 9.17) is 0 Å². The van der Waals surface area contributed by atoms with Gasteiger partial charge >= 0.3 is 0 Å². The second-order valence-electron chi connectivity index (χ2n) is 3.26. The Bertz CT molecular complexity index is 429. The van der Waals surface area contributed by atoms with Gasteiger partial charge in [0, 0.05) is 18.1 Å². The van der Waals surface area contributed by atoms with Gasteiger partial charge in [-0.15, -0.1) is 8.58 Å². The van der Waals surface area contributed by atoms with Crippen LogP contribution in [0.1, 0.15) is 5.69 Å². The van der Waals surface area contributed by atoms with Crippen LogP contribution >= 0.6 is 8.58 Å². The van der Waals surface area contributed by atoms with Gasteiger partial charge in [-0.25, -0.2) is 0 Å². The summed E-state index contributed by atoms with van der Waals surface area (Å²) in [6.45, 7) is 2.19. The van der Waals surface area contributed by atoms with Crippen LogP contribution in [0.5, 0.6) is 0 Å². The Hall–Kier alpha value is -1.27. The molecule has 0 N–H and O–H groups in total. The van der Waals surface area contributed by atoms with E-state index in [0.29, 0.717) is 0 Å². The number of pyridine rings is 2. The first-order valence-electron chi connectivity index (χ1n) is 4.92. The van der Waals surface area contributed by atoms with E-state index in [9.17, 15) is 0 Å². The van der Waals surface area contributed by atoms with E-state index >= 15 is 0 Å². The van der Waals surface area contributed by atoms with Gasteiger partial charge in [-0.05, 0) is 30.9 Å². The van der Waals surface area contributed by atoms with Crippen LogP contribution in [0.3, 0.4) is 0 Å². The van der Waals surface area contributed by atoms with E-state index in [2.05, 4.69) is 22.7 Å². The summed E-state index contributed by atoms with van der Waals surface area (Å²) in [5.74, 6) is 0. The molecule has 0 saturated carbocycles. The van der Waals surface area contributed by atoms with Crippen molar-refractivity contribution in [2.24, 2.45) is 0 Å². The van der Waals surface area contributed by atoms with Crippen molar-refractivity contribution in [3.63, 3.8) is 0 Å². The van der Waals surface area contributed by atoms with Crippen molar-refractivity contribution in [2.75, 3.05) is 6.66 Å². The third-order valence-corrected chi connectivity index (χ3v) is 2.81. The molecule has 0 aliphatic heterocycles. The van der Waals surface area contributed by atoms with Crippen molar-refractivity contribution in [2.45, 2.75) is 6.16 Å². The Labute approximate surface area is 91.6 Å². The molecule has 0 bridgehead atoms.